The van der Waals surface area contributed by atoms with E-state index in [2.05, 4.69) is 25.9 Å². The van der Waals surface area contributed by atoms with E-state index in [0.717, 1.165) is 4.47 Å². The molecule has 0 atom stereocenters. The number of oxime groups is 1. The van der Waals surface area contributed by atoms with Crippen LogP contribution in [0.1, 0.15) is 12.5 Å². The van der Waals surface area contributed by atoms with Crippen LogP contribution >= 0.6 is 15.9 Å². The highest BCUT2D eigenvalue weighted by molar-refractivity contribution is 9.10. The summed E-state index contributed by atoms with van der Waals surface area (Å²) in [4.78, 5) is 16.7. The molecule has 1 aromatic heterocycles. The summed E-state index contributed by atoms with van der Waals surface area (Å²) in [7, 11) is -3.79. The van der Waals surface area contributed by atoms with Crippen LogP contribution in [0.5, 0.6) is 0 Å². The van der Waals surface area contributed by atoms with Gasteiger partial charge in [0, 0.05) is 21.6 Å². The zero-order chi connectivity index (χ0) is 19.2. The molecule has 27 heavy (non-hydrogen) atoms. The lowest BCUT2D eigenvalue weighted by Gasteiger charge is -2.07. The number of rotatable bonds is 3. The highest BCUT2D eigenvalue weighted by Crippen LogP contribution is 2.30. The monoisotopic (exact) mass is 444 g/mol. The van der Waals surface area contributed by atoms with Gasteiger partial charge in [-0.2, -0.15) is 0 Å². The molecule has 2 heterocycles. The Bertz CT molecular complexity index is 1240. The molecule has 0 radical (unpaired) electrons. The Balaban J connectivity index is 1.98. The van der Waals surface area contributed by atoms with Crippen LogP contribution in [0.2, 0.25) is 0 Å². The quantitative estimate of drug-likeness (QED) is 0.452. The number of benzene rings is 2. The molecule has 2 aromatic carbocycles. The molecule has 0 fully saturated rings. The molecule has 136 valence electrons. The SMILES string of the molecule is CC1=NOC(=O)C1=Cc1cn(S(=O)(=O)c2ccccc2)c2ccc(Br)cc12. The van der Waals surface area contributed by atoms with Crippen LogP contribution in [0.25, 0.3) is 17.0 Å². The van der Waals surface area contributed by atoms with Gasteiger partial charge in [-0.25, -0.2) is 17.2 Å². The maximum absolute atomic E-state index is 13.1. The molecule has 0 spiro atoms. The first-order valence-electron chi connectivity index (χ1n) is 7.97. The van der Waals surface area contributed by atoms with E-state index < -0.39 is 16.0 Å². The van der Waals surface area contributed by atoms with Crippen molar-refractivity contribution in [3.05, 3.63) is 70.3 Å². The van der Waals surface area contributed by atoms with E-state index in [0.29, 0.717) is 27.8 Å². The lowest BCUT2D eigenvalue weighted by atomic mass is 10.1. The Morgan fingerprint density at radius 2 is 1.89 bits per heavy atom. The molecular formula is C19H13BrN2O4S. The summed E-state index contributed by atoms with van der Waals surface area (Å²) in [5.74, 6) is -0.561. The molecule has 8 heteroatoms. The molecule has 0 saturated heterocycles. The first kappa shape index (κ1) is 17.7. The van der Waals surface area contributed by atoms with Gasteiger partial charge in [0.05, 0.1) is 21.7 Å². The number of hydrogen-bond donors (Lipinski definition) is 0. The van der Waals surface area contributed by atoms with Crippen molar-refractivity contribution in [2.24, 2.45) is 5.16 Å². The first-order chi connectivity index (χ1) is 12.9. The molecule has 0 N–H and O–H groups in total. The van der Waals surface area contributed by atoms with E-state index >= 15 is 0 Å². The summed E-state index contributed by atoms with van der Waals surface area (Å²) in [6.45, 7) is 1.66. The summed E-state index contributed by atoms with van der Waals surface area (Å²) in [5, 5.41) is 4.34. The zero-order valence-electron chi connectivity index (χ0n) is 14.1. The predicted octanol–water partition coefficient (Wildman–Crippen LogP) is 3.96. The van der Waals surface area contributed by atoms with E-state index in [1.165, 1.54) is 10.2 Å². The number of carbonyl (C=O) groups is 1. The molecule has 4 rings (SSSR count). The normalized spacial score (nSPS) is 16.0. The van der Waals surface area contributed by atoms with Crippen molar-refractivity contribution >= 4 is 54.6 Å². The minimum Gasteiger partial charge on any atom is -0.312 e. The Morgan fingerprint density at radius 1 is 1.15 bits per heavy atom. The fraction of sp³-hybridized carbons (Fsp3) is 0.0526. The molecule has 0 amide bonds. The van der Waals surface area contributed by atoms with Gasteiger partial charge in [-0.05, 0) is 43.3 Å². The van der Waals surface area contributed by atoms with Gasteiger partial charge in [-0.1, -0.05) is 39.3 Å². The van der Waals surface area contributed by atoms with Crippen molar-refractivity contribution in [1.82, 2.24) is 3.97 Å². The third-order valence-corrected chi connectivity index (χ3v) is 6.42. The van der Waals surface area contributed by atoms with Gasteiger partial charge in [-0.3, -0.25) is 0 Å². The van der Waals surface area contributed by atoms with E-state index in [4.69, 9.17) is 0 Å². The van der Waals surface area contributed by atoms with Gasteiger partial charge < -0.3 is 4.84 Å². The highest BCUT2D eigenvalue weighted by Gasteiger charge is 2.25. The fourth-order valence-electron chi connectivity index (χ4n) is 2.89. The number of nitrogens with zero attached hydrogens (tertiary/aromatic N) is 2. The summed E-state index contributed by atoms with van der Waals surface area (Å²) in [6.07, 6.45) is 3.10. The van der Waals surface area contributed by atoms with Crippen molar-refractivity contribution in [1.29, 1.82) is 0 Å². The van der Waals surface area contributed by atoms with Gasteiger partial charge in [-0.15, -0.1) is 0 Å². The van der Waals surface area contributed by atoms with E-state index in [1.54, 1.807) is 55.5 Å². The van der Waals surface area contributed by atoms with Crippen molar-refractivity contribution in [2.45, 2.75) is 11.8 Å². The van der Waals surface area contributed by atoms with Crippen LogP contribution in [-0.2, 0) is 19.7 Å². The Morgan fingerprint density at radius 3 is 2.56 bits per heavy atom. The average molecular weight is 445 g/mol. The maximum atomic E-state index is 13.1. The molecule has 3 aromatic rings. The van der Waals surface area contributed by atoms with E-state index in [-0.39, 0.29) is 4.90 Å². The molecule has 0 unspecified atom stereocenters. The fourth-order valence-corrected chi connectivity index (χ4v) is 4.65. The van der Waals surface area contributed by atoms with Crippen molar-refractivity contribution in [3.8, 4) is 0 Å². The van der Waals surface area contributed by atoms with E-state index in [1.807, 2.05) is 6.07 Å². The summed E-state index contributed by atoms with van der Waals surface area (Å²) >= 11 is 3.41. The topological polar surface area (TPSA) is 77.7 Å². The number of aromatic nitrogens is 1. The summed E-state index contributed by atoms with van der Waals surface area (Å²) in [5.41, 5.74) is 1.83. The summed E-state index contributed by atoms with van der Waals surface area (Å²) < 4.78 is 28.3. The second kappa shape index (κ2) is 6.47. The van der Waals surface area contributed by atoms with E-state index in [9.17, 15) is 13.2 Å². The molecule has 6 nitrogen and oxygen atoms in total. The molecule has 0 saturated carbocycles. The zero-order valence-corrected chi connectivity index (χ0v) is 16.5. The van der Waals surface area contributed by atoms with Crippen LogP contribution in [-0.4, -0.2) is 24.1 Å². The molecular weight excluding hydrogens is 432 g/mol. The Labute approximate surface area is 163 Å². The highest BCUT2D eigenvalue weighted by atomic mass is 79.9. The van der Waals surface area contributed by atoms with Gasteiger partial charge in [0.2, 0.25) is 0 Å². The minimum absolute atomic E-state index is 0.182. The van der Waals surface area contributed by atoms with Crippen LogP contribution in [0.15, 0.2) is 74.8 Å². The molecule has 0 bridgehead atoms. The Hall–Kier alpha value is -2.71. The lowest BCUT2D eigenvalue weighted by Crippen LogP contribution is -2.11. The van der Waals surface area contributed by atoms with Crippen LogP contribution in [0.4, 0.5) is 0 Å². The molecule has 0 aliphatic carbocycles. The van der Waals surface area contributed by atoms with Crippen LogP contribution in [0, 0.1) is 0 Å². The third kappa shape index (κ3) is 3.00. The maximum Gasteiger partial charge on any atom is 0.367 e. The Kier molecular flexibility index (Phi) is 4.24. The first-order valence-corrected chi connectivity index (χ1v) is 10.2. The third-order valence-electron chi connectivity index (χ3n) is 4.24. The van der Waals surface area contributed by atoms with Gasteiger partial charge >= 0.3 is 5.97 Å². The lowest BCUT2D eigenvalue weighted by molar-refractivity contribution is -0.136. The average Bonchev–Trinajstić information content (AvgIpc) is 3.18. The van der Waals surface area contributed by atoms with Crippen LogP contribution < -0.4 is 0 Å². The number of halogens is 1. The van der Waals surface area contributed by atoms with Gasteiger partial charge in [0.25, 0.3) is 10.0 Å². The largest absolute Gasteiger partial charge is 0.367 e. The van der Waals surface area contributed by atoms with Crippen molar-refractivity contribution < 1.29 is 18.0 Å². The molecule has 1 aliphatic heterocycles. The number of carbonyl (C=O) groups excluding carboxylic acids is 1. The van der Waals surface area contributed by atoms with Gasteiger partial charge in [0.1, 0.15) is 0 Å². The van der Waals surface area contributed by atoms with Crippen LogP contribution in [0.3, 0.4) is 0 Å². The second-order valence-electron chi connectivity index (χ2n) is 5.97. The summed E-state index contributed by atoms with van der Waals surface area (Å²) in [6, 6.07) is 13.5. The standard InChI is InChI=1S/C19H13BrN2O4S/c1-12-16(19(23)26-21-12)9-13-11-22(18-8-7-14(20)10-17(13)18)27(24,25)15-5-3-2-4-6-15/h2-11H,1H3. The van der Waals surface area contributed by atoms with Gasteiger partial charge in [0.15, 0.2) is 0 Å². The van der Waals surface area contributed by atoms with Crippen molar-refractivity contribution in [2.75, 3.05) is 0 Å². The molecule has 1 aliphatic rings. The second-order valence-corrected chi connectivity index (χ2v) is 8.70. The van der Waals surface area contributed by atoms with Crippen molar-refractivity contribution in [3.63, 3.8) is 0 Å². The number of fused-ring (bicyclic) bond motifs is 1. The smallest absolute Gasteiger partial charge is 0.312 e. The minimum atomic E-state index is -3.79. The number of hydrogen-bond acceptors (Lipinski definition) is 5. The predicted molar refractivity (Wildman–Crippen MR) is 106 cm³/mol.